The molecule has 5 rings (SSSR count). The summed E-state index contributed by atoms with van der Waals surface area (Å²) in [5.74, 6) is 1.05. The molecule has 0 saturated heterocycles. The third-order valence-corrected chi connectivity index (χ3v) is 5.55. The highest BCUT2D eigenvalue weighted by Crippen LogP contribution is 2.39. The van der Waals surface area contributed by atoms with Crippen LogP contribution < -0.4 is 4.74 Å². The van der Waals surface area contributed by atoms with E-state index in [4.69, 9.17) is 4.74 Å². The van der Waals surface area contributed by atoms with Crippen molar-refractivity contribution in [2.24, 2.45) is 0 Å². The number of aromatic nitrogens is 2. The van der Waals surface area contributed by atoms with Crippen molar-refractivity contribution in [3.8, 4) is 5.75 Å². The van der Waals surface area contributed by atoms with Gasteiger partial charge in [0.1, 0.15) is 5.75 Å². The van der Waals surface area contributed by atoms with Gasteiger partial charge in [0.25, 0.3) is 0 Å². The zero-order valence-corrected chi connectivity index (χ0v) is 16.5. The van der Waals surface area contributed by atoms with Gasteiger partial charge in [0.05, 0.1) is 6.61 Å². The van der Waals surface area contributed by atoms with Gasteiger partial charge in [-0.05, 0) is 47.4 Å². The summed E-state index contributed by atoms with van der Waals surface area (Å²) in [5, 5.41) is 2.52. The summed E-state index contributed by atoms with van der Waals surface area (Å²) in [5.41, 5.74) is 6.15. The molecular formula is C26H24N2O. The van der Waals surface area contributed by atoms with E-state index >= 15 is 0 Å². The molecule has 3 nitrogen and oxygen atoms in total. The molecule has 0 atom stereocenters. The first-order chi connectivity index (χ1) is 14.3. The summed E-state index contributed by atoms with van der Waals surface area (Å²) in [7, 11) is 0. The molecule has 0 aliphatic rings. The third kappa shape index (κ3) is 3.19. The molecule has 2 aromatic heterocycles. The highest BCUT2D eigenvalue weighted by atomic mass is 16.5. The maximum absolute atomic E-state index is 5.80. The molecule has 0 aliphatic heterocycles. The maximum Gasteiger partial charge on any atom is 0.119 e. The van der Waals surface area contributed by atoms with Gasteiger partial charge in [-0.15, -0.1) is 0 Å². The molecule has 0 unspecified atom stereocenters. The minimum atomic E-state index is 0.127. The monoisotopic (exact) mass is 380 g/mol. The van der Waals surface area contributed by atoms with Crippen LogP contribution in [0.2, 0.25) is 0 Å². The van der Waals surface area contributed by atoms with E-state index in [9.17, 15) is 0 Å². The fourth-order valence-electron chi connectivity index (χ4n) is 4.17. The first-order valence-electron chi connectivity index (χ1n) is 10.2. The summed E-state index contributed by atoms with van der Waals surface area (Å²) < 4.78 is 5.80. The Bertz CT molecular complexity index is 1170. The van der Waals surface area contributed by atoms with Gasteiger partial charge in [0.15, 0.2) is 0 Å². The van der Waals surface area contributed by atoms with Crippen molar-refractivity contribution in [3.63, 3.8) is 0 Å². The summed E-state index contributed by atoms with van der Waals surface area (Å²) >= 11 is 0. The average molecular weight is 380 g/mol. The van der Waals surface area contributed by atoms with Crippen LogP contribution in [0.5, 0.6) is 5.75 Å². The highest BCUT2D eigenvalue weighted by molar-refractivity contribution is 5.89. The summed E-state index contributed by atoms with van der Waals surface area (Å²) in [6, 6.07) is 25.6. The van der Waals surface area contributed by atoms with E-state index in [1.807, 2.05) is 0 Å². The van der Waals surface area contributed by atoms with Crippen molar-refractivity contribution in [1.29, 1.82) is 0 Å². The van der Waals surface area contributed by atoms with Crippen molar-refractivity contribution in [3.05, 3.63) is 102 Å². The second kappa shape index (κ2) is 7.51. The molecule has 0 aliphatic carbocycles. The largest absolute Gasteiger partial charge is 0.494 e. The van der Waals surface area contributed by atoms with E-state index in [-0.39, 0.29) is 5.92 Å². The summed E-state index contributed by atoms with van der Waals surface area (Å²) in [4.78, 5) is 6.91. The molecule has 29 heavy (non-hydrogen) atoms. The van der Waals surface area contributed by atoms with E-state index in [0.717, 1.165) is 29.8 Å². The molecule has 144 valence electrons. The standard InChI is InChI=1S/C26H24N2O/c1-2-15-29-19-13-11-18(12-14-19)26(22-16-27-24-9-5-3-7-20(22)24)23-17-28-25-10-6-4-8-21(23)25/h3-14,16-17,26-28H,2,15H2,1H3. The number of H-pyrrole nitrogens is 2. The van der Waals surface area contributed by atoms with Crippen molar-refractivity contribution < 1.29 is 4.74 Å². The maximum atomic E-state index is 5.80. The van der Waals surface area contributed by atoms with Crippen LogP contribution in [0, 0.1) is 0 Å². The Kier molecular flexibility index (Phi) is 4.57. The minimum Gasteiger partial charge on any atom is -0.494 e. The second-order valence-electron chi connectivity index (χ2n) is 7.43. The first kappa shape index (κ1) is 17.6. The van der Waals surface area contributed by atoms with Gasteiger partial charge in [-0.3, -0.25) is 0 Å². The van der Waals surface area contributed by atoms with Gasteiger partial charge in [0, 0.05) is 40.1 Å². The van der Waals surface area contributed by atoms with E-state index in [1.54, 1.807) is 0 Å². The van der Waals surface area contributed by atoms with Gasteiger partial charge in [-0.1, -0.05) is 55.5 Å². The normalized spacial score (nSPS) is 11.5. The molecule has 0 saturated carbocycles. The smallest absolute Gasteiger partial charge is 0.119 e. The summed E-state index contributed by atoms with van der Waals surface area (Å²) in [6.45, 7) is 2.87. The molecule has 2 N–H and O–H groups in total. The number of aromatic amines is 2. The average Bonchev–Trinajstić information content (AvgIpc) is 3.39. The van der Waals surface area contributed by atoms with Crippen LogP contribution in [-0.4, -0.2) is 16.6 Å². The lowest BCUT2D eigenvalue weighted by Gasteiger charge is -2.18. The predicted octanol–water partition coefficient (Wildman–Crippen LogP) is 6.62. The molecule has 0 bridgehead atoms. The minimum absolute atomic E-state index is 0.127. The fraction of sp³-hybridized carbons (Fsp3) is 0.154. The number of benzene rings is 3. The lowest BCUT2D eigenvalue weighted by molar-refractivity contribution is 0.317. The molecule has 3 heteroatoms. The van der Waals surface area contributed by atoms with Crippen LogP contribution >= 0.6 is 0 Å². The molecule has 0 radical (unpaired) electrons. The zero-order chi connectivity index (χ0) is 19.6. The van der Waals surface area contributed by atoms with Crippen LogP contribution in [0.25, 0.3) is 21.8 Å². The zero-order valence-electron chi connectivity index (χ0n) is 16.5. The van der Waals surface area contributed by atoms with Crippen LogP contribution in [0.15, 0.2) is 85.2 Å². The molecule has 0 spiro atoms. The Balaban J connectivity index is 1.67. The van der Waals surface area contributed by atoms with Crippen LogP contribution in [0.4, 0.5) is 0 Å². The molecule has 3 aromatic carbocycles. The van der Waals surface area contributed by atoms with Gasteiger partial charge in [0.2, 0.25) is 0 Å². The summed E-state index contributed by atoms with van der Waals surface area (Å²) in [6.07, 6.45) is 5.31. The molecular weight excluding hydrogens is 356 g/mol. The Morgan fingerprint density at radius 1 is 0.724 bits per heavy atom. The topological polar surface area (TPSA) is 40.8 Å². The molecule has 0 amide bonds. The van der Waals surface area contributed by atoms with Crippen molar-refractivity contribution >= 4 is 21.8 Å². The molecule has 0 fully saturated rings. The van der Waals surface area contributed by atoms with Gasteiger partial charge < -0.3 is 14.7 Å². The van der Waals surface area contributed by atoms with Crippen LogP contribution in [0.3, 0.4) is 0 Å². The van der Waals surface area contributed by atoms with Gasteiger partial charge in [-0.2, -0.15) is 0 Å². The number of rotatable bonds is 6. The molecule has 5 aromatic rings. The number of hydrogen-bond acceptors (Lipinski definition) is 1. The Morgan fingerprint density at radius 3 is 1.83 bits per heavy atom. The quantitative estimate of drug-likeness (QED) is 0.341. The SMILES string of the molecule is CCCOc1ccc(C(c2c[nH]c3ccccc23)c2c[nH]c3ccccc23)cc1. The Morgan fingerprint density at radius 2 is 1.28 bits per heavy atom. The van der Waals surface area contributed by atoms with E-state index in [2.05, 4.69) is 102 Å². The lowest BCUT2D eigenvalue weighted by Crippen LogP contribution is -2.03. The van der Waals surface area contributed by atoms with Crippen LogP contribution in [0.1, 0.15) is 36.0 Å². The highest BCUT2D eigenvalue weighted by Gasteiger charge is 2.23. The number of para-hydroxylation sites is 2. The number of nitrogens with one attached hydrogen (secondary N) is 2. The van der Waals surface area contributed by atoms with Gasteiger partial charge >= 0.3 is 0 Å². The van der Waals surface area contributed by atoms with E-state index in [1.165, 1.54) is 27.5 Å². The van der Waals surface area contributed by atoms with Crippen molar-refractivity contribution in [2.75, 3.05) is 6.61 Å². The number of fused-ring (bicyclic) bond motifs is 2. The molecule has 2 heterocycles. The Labute approximate surface area is 170 Å². The predicted molar refractivity (Wildman–Crippen MR) is 120 cm³/mol. The van der Waals surface area contributed by atoms with Crippen molar-refractivity contribution in [2.45, 2.75) is 19.3 Å². The second-order valence-corrected chi connectivity index (χ2v) is 7.43. The van der Waals surface area contributed by atoms with E-state index in [0.29, 0.717) is 0 Å². The first-order valence-corrected chi connectivity index (χ1v) is 10.2. The number of hydrogen-bond donors (Lipinski definition) is 2. The van der Waals surface area contributed by atoms with Crippen molar-refractivity contribution in [1.82, 2.24) is 9.97 Å². The lowest BCUT2D eigenvalue weighted by atomic mass is 9.85. The Hall–Kier alpha value is -3.46. The van der Waals surface area contributed by atoms with Gasteiger partial charge in [-0.25, -0.2) is 0 Å². The van der Waals surface area contributed by atoms with E-state index < -0.39 is 0 Å². The number of ether oxygens (including phenoxy) is 1. The van der Waals surface area contributed by atoms with Crippen LogP contribution in [-0.2, 0) is 0 Å². The third-order valence-electron chi connectivity index (χ3n) is 5.55. The fourth-order valence-corrected chi connectivity index (χ4v) is 4.17.